The van der Waals surface area contributed by atoms with Gasteiger partial charge in [0.15, 0.2) is 12.2 Å². The molecule has 0 heterocycles. The molecule has 14 heavy (non-hydrogen) atoms. The molecular formula is C4H7ClNa2O7. The number of hydrogen-bond acceptors (Lipinski definition) is 5. The van der Waals surface area contributed by atoms with Gasteiger partial charge in [-0.3, -0.25) is 0 Å². The zero-order valence-corrected chi connectivity index (χ0v) is 12.3. The van der Waals surface area contributed by atoms with Gasteiger partial charge >= 0.3 is 71.1 Å². The normalized spacial score (nSPS) is 11.3. The third kappa shape index (κ3) is 11.2. The van der Waals surface area contributed by atoms with E-state index in [0.717, 1.165) is 0 Å². The van der Waals surface area contributed by atoms with Crippen molar-refractivity contribution < 1.29 is 107 Å². The number of carboxylic acids is 2. The molecule has 2 atom stereocenters. The number of aliphatic carboxylic acids is 2. The molecule has 0 amide bonds. The van der Waals surface area contributed by atoms with Crippen LogP contribution in [-0.4, -0.2) is 50.0 Å². The number of rotatable bonds is 3. The van der Waals surface area contributed by atoms with Crippen LogP contribution in [0, 0.1) is 0 Å². The van der Waals surface area contributed by atoms with E-state index in [0.29, 0.717) is 0 Å². The number of aliphatic hydroxyl groups is 2. The summed E-state index contributed by atoms with van der Waals surface area (Å²) in [5, 5.41) is 32.5. The summed E-state index contributed by atoms with van der Waals surface area (Å²) in [6.45, 7) is 0. The van der Waals surface area contributed by atoms with E-state index in [2.05, 4.69) is 0 Å². The van der Waals surface area contributed by atoms with Crippen molar-refractivity contribution in [3.8, 4) is 0 Å². The van der Waals surface area contributed by atoms with Crippen molar-refractivity contribution in [2.45, 2.75) is 12.2 Å². The molecule has 0 fully saturated rings. The van der Waals surface area contributed by atoms with Gasteiger partial charge in [-0.25, -0.2) is 9.59 Å². The maximum atomic E-state index is 9.77. The minimum absolute atomic E-state index is 0. The minimum atomic E-state index is -2.27. The molecule has 5 N–H and O–H groups in total. The van der Waals surface area contributed by atoms with Crippen LogP contribution in [0.15, 0.2) is 0 Å². The Morgan fingerprint density at radius 3 is 1.07 bits per heavy atom. The first-order chi connectivity index (χ1) is 4.46. The predicted octanol–water partition coefficient (Wildman–Crippen LogP) is -11.3. The maximum absolute atomic E-state index is 9.77. The second-order valence-electron chi connectivity index (χ2n) is 1.57. The van der Waals surface area contributed by atoms with Crippen LogP contribution in [0.1, 0.15) is 0 Å². The number of halogens is 1. The van der Waals surface area contributed by atoms with Gasteiger partial charge in [0.05, 0.1) is 0 Å². The molecular weight excluding hydrogens is 241 g/mol. The first-order valence-electron chi connectivity index (χ1n) is 2.28. The summed E-state index contributed by atoms with van der Waals surface area (Å²) in [6.07, 6.45) is -4.53. The van der Waals surface area contributed by atoms with Crippen molar-refractivity contribution in [2.24, 2.45) is 0 Å². The molecule has 0 aliphatic rings. The van der Waals surface area contributed by atoms with Gasteiger partial charge in [-0.2, -0.15) is 0 Å². The summed E-state index contributed by atoms with van der Waals surface area (Å²) in [5.41, 5.74) is 0. The molecule has 0 bridgehead atoms. The molecule has 0 radical (unpaired) electrons. The van der Waals surface area contributed by atoms with Gasteiger partial charge in [0, 0.05) is 0 Å². The van der Waals surface area contributed by atoms with Crippen molar-refractivity contribution in [1.82, 2.24) is 0 Å². The quantitative estimate of drug-likeness (QED) is 0.363. The van der Waals surface area contributed by atoms with Gasteiger partial charge in [-0.15, -0.1) is 0 Å². The van der Waals surface area contributed by atoms with Crippen LogP contribution < -0.4 is 71.5 Å². The Morgan fingerprint density at radius 1 is 0.857 bits per heavy atom. The van der Waals surface area contributed by atoms with E-state index in [1.165, 1.54) is 0 Å². The summed E-state index contributed by atoms with van der Waals surface area (Å²) in [7, 11) is 0. The molecule has 10 heteroatoms. The molecule has 0 aliphatic carbocycles. The van der Waals surface area contributed by atoms with Gasteiger partial charge in [-0.1, -0.05) is 0 Å². The smallest absolute Gasteiger partial charge is 1.00 e. The van der Waals surface area contributed by atoms with E-state index in [4.69, 9.17) is 20.4 Å². The van der Waals surface area contributed by atoms with Crippen LogP contribution in [0.4, 0.5) is 0 Å². The molecule has 0 aromatic heterocycles. The van der Waals surface area contributed by atoms with E-state index in [9.17, 15) is 9.59 Å². The molecule has 7 nitrogen and oxygen atoms in total. The second kappa shape index (κ2) is 14.1. The fourth-order valence-corrected chi connectivity index (χ4v) is 0.270. The van der Waals surface area contributed by atoms with Gasteiger partial charge in [0.1, 0.15) is 0 Å². The van der Waals surface area contributed by atoms with Gasteiger partial charge in [-0.05, 0) is 0 Å². The SMILES string of the molecule is O=C(O)C(O)C(O)C(=O)O.[Cl-].[Na+].[Na+].[OH-]. The van der Waals surface area contributed by atoms with Crippen LogP contribution in [-0.2, 0) is 9.59 Å². The third-order valence-corrected chi connectivity index (χ3v) is 0.805. The third-order valence-electron chi connectivity index (χ3n) is 0.805. The maximum Gasteiger partial charge on any atom is 1.00 e. The van der Waals surface area contributed by atoms with E-state index < -0.39 is 24.1 Å². The van der Waals surface area contributed by atoms with E-state index in [1.54, 1.807) is 0 Å². The van der Waals surface area contributed by atoms with E-state index in [1.807, 2.05) is 0 Å². The van der Waals surface area contributed by atoms with Crippen molar-refractivity contribution in [3.05, 3.63) is 0 Å². The van der Waals surface area contributed by atoms with Crippen LogP contribution in [0.3, 0.4) is 0 Å². The van der Waals surface area contributed by atoms with Gasteiger partial charge in [0.25, 0.3) is 0 Å². The Bertz CT molecular complexity index is 148. The summed E-state index contributed by atoms with van der Waals surface area (Å²) in [6, 6.07) is 0. The van der Waals surface area contributed by atoms with Crippen LogP contribution in [0.2, 0.25) is 0 Å². The first-order valence-corrected chi connectivity index (χ1v) is 2.28. The monoisotopic (exact) mass is 248 g/mol. The zero-order valence-electron chi connectivity index (χ0n) is 7.59. The fraction of sp³-hybridized carbons (Fsp3) is 0.500. The predicted molar refractivity (Wildman–Crippen MR) is 29.2 cm³/mol. The largest absolute Gasteiger partial charge is 1.00 e. The average Bonchev–Trinajstić information content (AvgIpc) is 1.84. The first kappa shape index (κ1) is 29.4. The molecule has 0 spiro atoms. The minimum Gasteiger partial charge on any atom is -1.00 e. The van der Waals surface area contributed by atoms with Crippen molar-refractivity contribution in [3.63, 3.8) is 0 Å². The molecule has 0 aromatic rings. The molecule has 2 unspecified atom stereocenters. The fourth-order valence-electron chi connectivity index (χ4n) is 0.270. The second-order valence-corrected chi connectivity index (χ2v) is 1.57. The van der Waals surface area contributed by atoms with Crippen LogP contribution in [0.25, 0.3) is 0 Å². The zero-order chi connectivity index (χ0) is 8.31. The molecule has 74 valence electrons. The molecule has 0 aliphatic heterocycles. The Morgan fingerprint density at radius 2 is 1.00 bits per heavy atom. The van der Waals surface area contributed by atoms with Crippen LogP contribution in [0.5, 0.6) is 0 Å². The van der Waals surface area contributed by atoms with Crippen LogP contribution >= 0.6 is 0 Å². The van der Waals surface area contributed by atoms with Crippen molar-refractivity contribution in [1.29, 1.82) is 0 Å². The molecule has 0 saturated carbocycles. The van der Waals surface area contributed by atoms with Gasteiger partial charge in [0.2, 0.25) is 0 Å². The average molecular weight is 249 g/mol. The Kier molecular flexibility index (Phi) is 29.7. The molecule has 0 saturated heterocycles. The molecule has 0 aromatic carbocycles. The molecule has 0 rings (SSSR count). The standard InChI is InChI=1S/C4H6O6.ClH.2Na.H2O/c5-1(3(7)8)2(6)4(9)10;;;;/h1-2,5-6H,(H,7,8)(H,9,10);1H;;;1H2/q;;2*+1;/p-2. The van der Waals surface area contributed by atoms with Gasteiger partial charge < -0.3 is 38.3 Å². The van der Waals surface area contributed by atoms with Crippen molar-refractivity contribution >= 4 is 11.9 Å². The Labute approximate surface area is 130 Å². The number of carboxylic acid groups (broad SMARTS) is 2. The summed E-state index contributed by atoms with van der Waals surface area (Å²) < 4.78 is 0. The topological polar surface area (TPSA) is 145 Å². The van der Waals surface area contributed by atoms with E-state index in [-0.39, 0.29) is 77.0 Å². The Hall–Kier alpha value is 1.11. The Balaban J connectivity index is -0.0000000675. The number of hydrogen-bond donors (Lipinski definition) is 4. The number of carbonyl (C=O) groups is 2. The summed E-state index contributed by atoms with van der Waals surface area (Å²) >= 11 is 0. The summed E-state index contributed by atoms with van der Waals surface area (Å²) in [5.74, 6) is -3.54. The number of aliphatic hydroxyl groups excluding tert-OH is 2. The van der Waals surface area contributed by atoms with E-state index >= 15 is 0 Å². The van der Waals surface area contributed by atoms with Crippen molar-refractivity contribution in [2.75, 3.05) is 0 Å². The summed E-state index contributed by atoms with van der Waals surface area (Å²) in [4.78, 5) is 19.5.